The van der Waals surface area contributed by atoms with E-state index in [2.05, 4.69) is 104 Å². The highest BCUT2D eigenvalue weighted by Gasteiger charge is 2.28. The maximum atomic E-state index is 15.4. The van der Waals surface area contributed by atoms with E-state index in [0.717, 1.165) is 110 Å². The molecule has 0 aliphatic rings. The van der Waals surface area contributed by atoms with E-state index >= 15 is 8.78 Å². The number of halogens is 2. The summed E-state index contributed by atoms with van der Waals surface area (Å²) in [5.74, 6) is -0.548. The summed E-state index contributed by atoms with van der Waals surface area (Å²) in [5, 5.41) is 8.05. The van der Waals surface area contributed by atoms with Crippen molar-refractivity contribution in [1.29, 1.82) is 0 Å². The van der Waals surface area contributed by atoms with Crippen LogP contribution in [0.2, 0.25) is 0 Å². The van der Waals surface area contributed by atoms with E-state index in [0.29, 0.717) is 0 Å². The van der Waals surface area contributed by atoms with Crippen LogP contribution in [0.25, 0.3) is 76.2 Å². The molecule has 6 heteroatoms. The van der Waals surface area contributed by atoms with Gasteiger partial charge >= 0.3 is 0 Å². The van der Waals surface area contributed by atoms with Gasteiger partial charge in [-0.25, -0.2) is 8.78 Å². The number of hydrogen-bond donors (Lipinski definition) is 0. The topological polar surface area (TPSA) is 15.3 Å². The number of nitrogens with zero attached hydrogens (tertiary/aromatic N) is 4. The molecule has 0 bridgehead atoms. The standard InChI is InChI=1S/C54H32F2N4/c55-33-21-25-45-43(29-33)51-47(57(35-13-5-1-6-14-35)36-15-7-2-8-16-36)27-23-39-41-31-50-42(32-49(41)59(45)53(39)51)40-24-28-48(52-44-30-34(56)22-26-46(44)60(50)54(40)52)58(37-17-9-3-10-18-37)38-19-11-4-12-20-38/h1-32H. The van der Waals surface area contributed by atoms with E-state index in [4.69, 9.17) is 0 Å². The van der Waals surface area contributed by atoms with E-state index in [9.17, 15) is 0 Å². The lowest BCUT2D eigenvalue weighted by Gasteiger charge is -2.26. The van der Waals surface area contributed by atoms with Gasteiger partial charge in [0.15, 0.2) is 0 Å². The molecule has 60 heavy (non-hydrogen) atoms. The van der Waals surface area contributed by atoms with E-state index in [-0.39, 0.29) is 11.6 Å². The van der Waals surface area contributed by atoms with E-state index in [1.807, 2.05) is 84.9 Å². The fourth-order valence-electron chi connectivity index (χ4n) is 10.1. The van der Waals surface area contributed by atoms with Crippen molar-refractivity contribution in [2.75, 3.05) is 9.80 Å². The minimum absolute atomic E-state index is 0.274. The Morgan fingerprint density at radius 1 is 0.300 bits per heavy atom. The monoisotopic (exact) mass is 774 g/mol. The smallest absolute Gasteiger partial charge is 0.123 e. The third-order valence-electron chi connectivity index (χ3n) is 12.4. The molecular formula is C54H32F2N4. The molecule has 13 rings (SSSR count). The summed E-state index contributed by atoms with van der Waals surface area (Å²) in [4.78, 5) is 4.53. The summed E-state index contributed by atoms with van der Waals surface area (Å²) in [7, 11) is 0. The molecule has 4 nitrogen and oxygen atoms in total. The van der Waals surface area contributed by atoms with E-state index < -0.39 is 0 Å². The molecule has 0 atom stereocenters. The van der Waals surface area contributed by atoms with Gasteiger partial charge in [0, 0.05) is 65.8 Å². The quantitative estimate of drug-likeness (QED) is 0.167. The van der Waals surface area contributed by atoms with Crippen molar-refractivity contribution in [3.63, 3.8) is 0 Å². The molecule has 282 valence electrons. The highest BCUT2D eigenvalue weighted by atomic mass is 19.1. The Bertz CT molecular complexity index is 3450. The molecule has 0 fully saturated rings. The lowest BCUT2D eigenvalue weighted by Crippen LogP contribution is -2.10. The number of fused-ring (bicyclic) bond motifs is 12. The minimum atomic E-state index is -0.274. The lowest BCUT2D eigenvalue weighted by atomic mass is 10.0. The Balaban J connectivity index is 1.15. The number of rotatable bonds is 6. The fraction of sp³-hybridized carbons (Fsp3) is 0. The molecule has 0 radical (unpaired) electrons. The first-order valence-electron chi connectivity index (χ1n) is 20.2. The summed E-state index contributed by atoms with van der Waals surface area (Å²) in [6.45, 7) is 0. The van der Waals surface area contributed by atoms with Crippen LogP contribution in [0.15, 0.2) is 194 Å². The molecule has 4 aromatic heterocycles. The normalized spacial score (nSPS) is 12.2. The van der Waals surface area contributed by atoms with Gasteiger partial charge in [0.1, 0.15) is 11.6 Å². The summed E-state index contributed by atoms with van der Waals surface area (Å²) >= 11 is 0. The van der Waals surface area contributed by atoms with Crippen LogP contribution in [0.4, 0.5) is 42.9 Å². The second-order valence-corrected chi connectivity index (χ2v) is 15.6. The highest BCUT2D eigenvalue weighted by Crippen LogP contribution is 2.51. The predicted molar refractivity (Wildman–Crippen MR) is 245 cm³/mol. The van der Waals surface area contributed by atoms with Crippen LogP contribution in [-0.4, -0.2) is 8.80 Å². The summed E-state index contributed by atoms with van der Waals surface area (Å²) in [5.41, 5.74) is 12.1. The zero-order chi connectivity index (χ0) is 39.6. The van der Waals surface area contributed by atoms with Crippen molar-refractivity contribution in [2.45, 2.75) is 0 Å². The van der Waals surface area contributed by atoms with Gasteiger partial charge in [0.25, 0.3) is 0 Å². The van der Waals surface area contributed by atoms with Crippen molar-refractivity contribution >= 4 is 110 Å². The first-order chi connectivity index (χ1) is 29.6. The number of para-hydroxylation sites is 4. The molecule has 0 saturated heterocycles. The Labute approximate surface area is 342 Å². The van der Waals surface area contributed by atoms with Crippen LogP contribution in [-0.2, 0) is 0 Å². The number of benzene rings is 9. The maximum absolute atomic E-state index is 15.4. The zero-order valence-corrected chi connectivity index (χ0v) is 32.0. The van der Waals surface area contributed by atoms with Gasteiger partial charge in [-0.3, -0.25) is 0 Å². The van der Waals surface area contributed by atoms with Gasteiger partial charge < -0.3 is 18.6 Å². The third-order valence-corrected chi connectivity index (χ3v) is 12.4. The molecule has 0 unspecified atom stereocenters. The van der Waals surface area contributed by atoms with Crippen LogP contribution in [0.3, 0.4) is 0 Å². The number of hydrogen-bond acceptors (Lipinski definition) is 2. The molecule has 0 saturated carbocycles. The second-order valence-electron chi connectivity index (χ2n) is 15.6. The first-order valence-corrected chi connectivity index (χ1v) is 20.2. The SMILES string of the molecule is Fc1ccc2c(c1)c1c(N(c3ccccc3)c3ccccc3)ccc3c4cc5c(cc4n2c31)c1ccc(N(c2ccccc2)c2ccccc2)c2c3cc(F)ccc3n5c12. The van der Waals surface area contributed by atoms with E-state index in [1.165, 1.54) is 0 Å². The summed E-state index contributed by atoms with van der Waals surface area (Å²) < 4.78 is 35.4. The molecule has 0 aliphatic heterocycles. The van der Waals surface area contributed by atoms with E-state index in [1.54, 1.807) is 24.3 Å². The van der Waals surface area contributed by atoms with Gasteiger partial charge in [-0.15, -0.1) is 0 Å². The summed E-state index contributed by atoms with van der Waals surface area (Å²) in [6.07, 6.45) is 0. The highest BCUT2D eigenvalue weighted by molar-refractivity contribution is 6.32. The molecule has 9 aromatic carbocycles. The lowest BCUT2D eigenvalue weighted by molar-refractivity contribution is 0.629. The zero-order valence-electron chi connectivity index (χ0n) is 32.0. The molecule has 4 heterocycles. The average molecular weight is 775 g/mol. The maximum Gasteiger partial charge on any atom is 0.123 e. The average Bonchev–Trinajstić information content (AvgIpc) is 4.01. The minimum Gasteiger partial charge on any atom is -0.310 e. The van der Waals surface area contributed by atoms with Gasteiger partial charge in [-0.1, -0.05) is 84.9 Å². The molecule has 0 N–H and O–H groups in total. The fourth-order valence-corrected chi connectivity index (χ4v) is 10.1. The molecular weight excluding hydrogens is 743 g/mol. The number of aromatic nitrogens is 2. The number of anilines is 6. The van der Waals surface area contributed by atoms with Crippen LogP contribution in [0.1, 0.15) is 0 Å². The Kier molecular flexibility index (Phi) is 6.76. The predicted octanol–water partition coefficient (Wildman–Crippen LogP) is 15.2. The van der Waals surface area contributed by atoms with Crippen LogP contribution in [0, 0.1) is 11.6 Å². The van der Waals surface area contributed by atoms with Gasteiger partial charge in [0.05, 0.1) is 44.5 Å². The van der Waals surface area contributed by atoms with Gasteiger partial charge in [-0.05, 0) is 109 Å². The van der Waals surface area contributed by atoms with Gasteiger partial charge in [0.2, 0.25) is 0 Å². The first kappa shape index (κ1) is 33.1. The van der Waals surface area contributed by atoms with Crippen LogP contribution < -0.4 is 9.80 Å². The van der Waals surface area contributed by atoms with Crippen molar-refractivity contribution in [1.82, 2.24) is 8.80 Å². The second kappa shape index (κ2) is 12.3. The van der Waals surface area contributed by atoms with Crippen LogP contribution in [0.5, 0.6) is 0 Å². The van der Waals surface area contributed by atoms with Gasteiger partial charge in [-0.2, -0.15) is 0 Å². The van der Waals surface area contributed by atoms with Crippen molar-refractivity contribution < 1.29 is 8.78 Å². The largest absolute Gasteiger partial charge is 0.310 e. The van der Waals surface area contributed by atoms with Crippen molar-refractivity contribution in [3.05, 3.63) is 206 Å². The Hall–Kier alpha value is -7.96. The molecule has 0 aliphatic carbocycles. The molecule has 0 spiro atoms. The Morgan fingerprint density at radius 2 is 0.650 bits per heavy atom. The summed E-state index contributed by atoms with van der Waals surface area (Å²) in [6, 6.07) is 65.1. The molecule has 0 amide bonds. The third kappa shape index (κ3) is 4.47. The van der Waals surface area contributed by atoms with Crippen LogP contribution >= 0.6 is 0 Å². The van der Waals surface area contributed by atoms with Crippen molar-refractivity contribution in [3.8, 4) is 0 Å². The van der Waals surface area contributed by atoms with Crippen molar-refractivity contribution in [2.24, 2.45) is 0 Å². The Morgan fingerprint density at radius 3 is 1.00 bits per heavy atom. The molecule has 13 aromatic rings.